The molecule has 6 heteroatoms. The zero-order valence-electron chi connectivity index (χ0n) is 14.5. The summed E-state index contributed by atoms with van der Waals surface area (Å²) in [5.74, 6) is 3.62. The highest BCUT2D eigenvalue weighted by molar-refractivity contribution is 7.99. The van der Waals surface area contributed by atoms with Crippen LogP contribution >= 0.6 is 23.4 Å². The van der Waals surface area contributed by atoms with Gasteiger partial charge in [0.15, 0.2) is 0 Å². The van der Waals surface area contributed by atoms with Gasteiger partial charge in [0.25, 0.3) is 0 Å². The maximum absolute atomic E-state index is 6.10. The van der Waals surface area contributed by atoms with Crippen LogP contribution in [0.25, 0.3) is 0 Å². The molecule has 4 rings (SSSR count). The average molecular weight is 375 g/mol. The molecule has 0 unspecified atom stereocenters. The van der Waals surface area contributed by atoms with E-state index in [1.54, 1.807) is 0 Å². The summed E-state index contributed by atoms with van der Waals surface area (Å²) in [6, 6.07) is 0. The number of allylic oxidation sites excluding steroid dienone is 6. The van der Waals surface area contributed by atoms with Crippen LogP contribution in [-0.2, 0) is 6.42 Å². The molecule has 1 saturated heterocycles. The van der Waals surface area contributed by atoms with Crippen molar-refractivity contribution in [3.05, 3.63) is 40.6 Å². The maximum Gasteiger partial charge on any atom is 0.227 e. The van der Waals surface area contributed by atoms with Gasteiger partial charge in [-0.3, -0.25) is 0 Å². The third-order valence-electron chi connectivity index (χ3n) is 5.14. The van der Waals surface area contributed by atoms with E-state index < -0.39 is 0 Å². The number of anilines is 2. The van der Waals surface area contributed by atoms with Crippen LogP contribution in [0.2, 0.25) is 0 Å². The highest BCUT2D eigenvalue weighted by Gasteiger charge is 2.26. The minimum Gasteiger partial charge on any atom is -0.372 e. The fraction of sp³-hybridized carbons (Fsp3) is 0.474. The number of nitrogens with zero attached hydrogens (tertiary/aromatic N) is 3. The molecule has 25 heavy (non-hydrogen) atoms. The molecule has 2 aliphatic heterocycles. The van der Waals surface area contributed by atoms with Gasteiger partial charge in [0.1, 0.15) is 5.82 Å². The number of aromatic nitrogens is 2. The SMILES string of the molecule is CNc1nc(N2CCC(C3=CC=C(Cl)C=CC3)CC2)nc2c1SCC2. The van der Waals surface area contributed by atoms with Crippen molar-refractivity contribution < 1.29 is 0 Å². The van der Waals surface area contributed by atoms with Crippen molar-refractivity contribution in [2.75, 3.05) is 36.1 Å². The molecule has 3 aliphatic rings. The molecule has 4 nitrogen and oxygen atoms in total. The number of halogens is 1. The fourth-order valence-electron chi connectivity index (χ4n) is 3.74. The largest absolute Gasteiger partial charge is 0.372 e. The van der Waals surface area contributed by atoms with Gasteiger partial charge in [-0.2, -0.15) is 4.98 Å². The highest BCUT2D eigenvalue weighted by atomic mass is 35.5. The van der Waals surface area contributed by atoms with Gasteiger partial charge in [0, 0.05) is 37.3 Å². The summed E-state index contributed by atoms with van der Waals surface area (Å²) in [4.78, 5) is 13.2. The fourth-order valence-corrected chi connectivity index (χ4v) is 4.99. The first-order chi connectivity index (χ1) is 12.2. The summed E-state index contributed by atoms with van der Waals surface area (Å²) in [7, 11) is 1.95. The molecule has 0 radical (unpaired) electrons. The summed E-state index contributed by atoms with van der Waals surface area (Å²) in [5, 5.41) is 4.06. The number of piperidine rings is 1. The Morgan fingerprint density at radius 3 is 2.88 bits per heavy atom. The number of fused-ring (bicyclic) bond motifs is 1. The Morgan fingerprint density at radius 1 is 1.24 bits per heavy atom. The van der Waals surface area contributed by atoms with Crippen LogP contribution in [-0.4, -0.2) is 35.9 Å². The van der Waals surface area contributed by atoms with Gasteiger partial charge in [-0.25, -0.2) is 4.98 Å². The number of aryl methyl sites for hydroxylation is 1. The van der Waals surface area contributed by atoms with E-state index in [0.29, 0.717) is 5.92 Å². The zero-order chi connectivity index (χ0) is 17.2. The van der Waals surface area contributed by atoms with Gasteiger partial charge in [-0.05, 0) is 37.3 Å². The predicted molar refractivity (Wildman–Crippen MR) is 107 cm³/mol. The van der Waals surface area contributed by atoms with Crippen LogP contribution in [0.15, 0.2) is 39.8 Å². The average Bonchev–Trinajstić information content (AvgIpc) is 3.02. The molecule has 0 amide bonds. The number of rotatable bonds is 3. The van der Waals surface area contributed by atoms with E-state index >= 15 is 0 Å². The van der Waals surface area contributed by atoms with E-state index in [1.165, 1.54) is 16.2 Å². The van der Waals surface area contributed by atoms with Crippen LogP contribution in [0.1, 0.15) is 25.0 Å². The maximum atomic E-state index is 6.10. The molecule has 0 aromatic carbocycles. The molecule has 1 aromatic heterocycles. The number of thioether (sulfide) groups is 1. The molecule has 1 N–H and O–H groups in total. The zero-order valence-corrected chi connectivity index (χ0v) is 16.0. The molecule has 0 saturated carbocycles. The van der Waals surface area contributed by atoms with E-state index in [1.807, 2.05) is 31.0 Å². The summed E-state index contributed by atoms with van der Waals surface area (Å²) in [6.07, 6.45) is 12.8. The topological polar surface area (TPSA) is 41.1 Å². The quantitative estimate of drug-likeness (QED) is 0.849. The summed E-state index contributed by atoms with van der Waals surface area (Å²) in [6.45, 7) is 2.02. The number of nitrogens with one attached hydrogen (secondary N) is 1. The second-order valence-electron chi connectivity index (χ2n) is 6.66. The van der Waals surface area contributed by atoms with Crippen LogP contribution in [0, 0.1) is 5.92 Å². The number of hydrogen-bond donors (Lipinski definition) is 1. The first kappa shape index (κ1) is 17.0. The smallest absolute Gasteiger partial charge is 0.227 e. The highest BCUT2D eigenvalue weighted by Crippen LogP contribution is 2.37. The van der Waals surface area contributed by atoms with E-state index in [-0.39, 0.29) is 0 Å². The van der Waals surface area contributed by atoms with Gasteiger partial charge < -0.3 is 10.2 Å². The Bertz CT molecular complexity index is 748. The lowest BCUT2D eigenvalue weighted by Crippen LogP contribution is -2.35. The Kier molecular flexibility index (Phi) is 5.04. The van der Waals surface area contributed by atoms with Gasteiger partial charge in [-0.15, -0.1) is 11.8 Å². The standard InChI is InChI=1S/C19H23ClN4S/c1-21-18-17-16(9-12-25-17)22-19(23-18)24-10-7-14(8-11-24)13-3-2-4-15(20)6-5-13/h2,4-6,14H,3,7-12H2,1H3,(H,21,22,23). The monoisotopic (exact) mass is 374 g/mol. The van der Waals surface area contributed by atoms with Gasteiger partial charge >= 0.3 is 0 Å². The van der Waals surface area contributed by atoms with Crippen LogP contribution in [0.4, 0.5) is 11.8 Å². The summed E-state index contributed by atoms with van der Waals surface area (Å²) >= 11 is 7.96. The lowest BCUT2D eigenvalue weighted by molar-refractivity contribution is 0.449. The van der Waals surface area contributed by atoms with Crippen molar-refractivity contribution in [3.63, 3.8) is 0 Å². The van der Waals surface area contributed by atoms with Crippen LogP contribution in [0.5, 0.6) is 0 Å². The Balaban J connectivity index is 1.47. The van der Waals surface area contributed by atoms with Crippen molar-refractivity contribution in [2.45, 2.75) is 30.6 Å². The van der Waals surface area contributed by atoms with Gasteiger partial charge in [0.05, 0.1) is 10.6 Å². The molecule has 0 atom stereocenters. The second-order valence-corrected chi connectivity index (χ2v) is 8.20. The minimum absolute atomic E-state index is 0.633. The first-order valence-electron chi connectivity index (χ1n) is 8.94. The molecule has 1 aromatic rings. The lowest BCUT2D eigenvalue weighted by Gasteiger charge is -2.33. The Morgan fingerprint density at radius 2 is 2.08 bits per heavy atom. The van der Waals surface area contributed by atoms with E-state index in [0.717, 1.165) is 61.3 Å². The minimum atomic E-state index is 0.633. The summed E-state index contributed by atoms with van der Waals surface area (Å²) in [5.41, 5.74) is 2.70. The van der Waals surface area contributed by atoms with Crippen molar-refractivity contribution >= 4 is 35.1 Å². The normalized spacial score (nSPS) is 20.8. The van der Waals surface area contributed by atoms with Crippen molar-refractivity contribution in [2.24, 2.45) is 5.92 Å². The predicted octanol–water partition coefficient (Wildman–Crippen LogP) is 4.39. The molecule has 0 spiro atoms. The van der Waals surface area contributed by atoms with Gasteiger partial charge in [0.2, 0.25) is 5.95 Å². The molecule has 0 bridgehead atoms. The molecule has 132 valence electrons. The molecular formula is C19H23ClN4S. The first-order valence-corrected chi connectivity index (χ1v) is 10.3. The van der Waals surface area contributed by atoms with E-state index in [4.69, 9.17) is 21.6 Å². The third kappa shape index (κ3) is 3.58. The van der Waals surface area contributed by atoms with E-state index in [2.05, 4.69) is 22.4 Å². The van der Waals surface area contributed by atoms with Crippen molar-refractivity contribution in [3.8, 4) is 0 Å². The van der Waals surface area contributed by atoms with Gasteiger partial charge in [-0.1, -0.05) is 29.3 Å². The number of hydrogen-bond acceptors (Lipinski definition) is 5. The Hall–Kier alpha value is -1.46. The second kappa shape index (κ2) is 7.42. The van der Waals surface area contributed by atoms with Crippen LogP contribution < -0.4 is 10.2 Å². The molecule has 3 heterocycles. The van der Waals surface area contributed by atoms with E-state index in [9.17, 15) is 0 Å². The van der Waals surface area contributed by atoms with Crippen molar-refractivity contribution in [1.29, 1.82) is 0 Å². The third-order valence-corrected chi connectivity index (χ3v) is 6.51. The van der Waals surface area contributed by atoms with Crippen LogP contribution in [0.3, 0.4) is 0 Å². The molecule has 1 fully saturated rings. The molecular weight excluding hydrogens is 352 g/mol. The van der Waals surface area contributed by atoms with Crippen molar-refractivity contribution in [1.82, 2.24) is 9.97 Å². The lowest BCUT2D eigenvalue weighted by atomic mass is 9.87. The Labute approximate surface area is 158 Å². The molecule has 1 aliphatic carbocycles. The summed E-state index contributed by atoms with van der Waals surface area (Å²) < 4.78 is 0.